The summed E-state index contributed by atoms with van der Waals surface area (Å²) in [6.45, 7) is 0.896. The van der Waals surface area contributed by atoms with Gasteiger partial charge < -0.3 is 26.4 Å². The first kappa shape index (κ1) is 17.7. The third kappa shape index (κ3) is 5.54. The average molecular weight is 334 g/mol. The first-order valence-electron chi connectivity index (χ1n) is 7.88. The number of hydrogen-bond acceptors (Lipinski definition) is 4. The Morgan fingerprint density at radius 3 is 2.58 bits per heavy atom. The lowest BCUT2D eigenvalue weighted by Gasteiger charge is -2.18. The average Bonchev–Trinajstić information content (AvgIpc) is 3.12. The zero-order valence-corrected chi connectivity index (χ0v) is 13.2. The van der Waals surface area contributed by atoms with Gasteiger partial charge in [0.1, 0.15) is 6.04 Å². The summed E-state index contributed by atoms with van der Waals surface area (Å²) in [7, 11) is 0. The van der Waals surface area contributed by atoms with Crippen molar-refractivity contribution in [2.45, 2.75) is 31.5 Å². The second-order valence-electron chi connectivity index (χ2n) is 5.60. The molecule has 0 spiro atoms. The molecule has 24 heavy (non-hydrogen) atoms. The highest BCUT2D eigenvalue weighted by Crippen LogP contribution is 2.05. The van der Waals surface area contributed by atoms with Gasteiger partial charge in [0.25, 0.3) is 0 Å². The highest BCUT2D eigenvalue weighted by molar-refractivity contribution is 5.87. The van der Waals surface area contributed by atoms with E-state index in [0.717, 1.165) is 18.5 Å². The van der Waals surface area contributed by atoms with Gasteiger partial charge in [0.2, 0.25) is 5.91 Å². The van der Waals surface area contributed by atoms with Crippen molar-refractivity contribution in [3.63, 3.8) is 0 Å². The maximum absolute atomic E-state index is 12.0. The van der Waals surface area contributed by atoms with Crippen LogP contribution >= 0.6 is 0 Å². The predicted octanol–water partition coefficient (Wildman–Crippen LogP) is -0.193. The maximum atomic E-state index is 12.0. The fourth-order valence-corrected chi connectivity index (χ4v) is 2.42. The number of carboxylic acids is 1. The summed E-state index contributed by atoms with van der Waals surface area (Å²) < 4.78 is 0. The number of nitrogens with one attached hydrogen (secondary N) is 4. The number of urea groups is 1. The van der Waals surface area contributed by atoms with Crippen molar-refractivity contribution in [3.05, 3.63) is 35.9 Å². The van der Waals surface area contributed by atoms with E-state index in [9.17, 15) is 19.5 Å². The Morgan fingerprint density at radius 1 is 1.21 bits per heavy atom. The van der Waals surface area contributed by atoms with Crippen molar-refractivity contribution in [1.29, 1.82) is 0 Å². The molecule has 8 heteroatoms. The molecule has 1 fully saturated rings. The van der Waals surface area contributed by atoms with E-state index >= 15 is 0 Å². The largest absolute Gasteiger partial charge is 0.480 e. The lowest BCUT2D eigenvalue weighted by atomic mass is 10.2. The molecule has 1 aliphatic rings. The Bertz CT molecular complexity index is 573. The highest BCUT2D eigenvalue weighted by atomic mass is 16.4. The Hall–Kier alpha value is -2.61. The molecule has 3 amide bonds. The summed E-state index contributed by atoms with van der Waals surface area (Å²) in [4.78, 5) is 34.9. The summed E-state index contributed by atoms with van der Waals surface area (Å²) in [5, 5.41) is 19.7. The second kappa shape index (κ2) is 8.88. The van der Waals surface area contributed by atoms with Crippen LogP contribution in [0.15, 0.2) is 30.3 Å². The number of hydrogen-bond donors (Lipinski definition) is 5. The van der Waals surface area contributed by atoms with E-state index in [1.165, 1.54) is 0 Å². The maximum Gasteiger partial charge on any atom is 0.328 e. The topological polar surface area (TPSA) is 120 Å². The molecule has 1 saturated heterocycles. The number of carbonyl (C=O) groups is 3. The second-order valence-corrected chi connectivity index (χ2v) is 5.60. The molecule has 130 valence electrons. The quantitative estimate of drug-likeness (QED) is 0.473. The van der Waals surface area contributed by atoms with Crippen LogP contribution in [-0.4, -0.2) is 48.2 Å². The zero-order valence-electron chi connectivity index (χ0n) is 13.2. The van der Waals surface area contributed by atoms with E-state index in [1.54, 1.807) is 0 Å². The molecule has 2 rings (SSSR count). The van der Waals surface area contributed by atoms with Crippen molar-refractivity contribution < 1.29 is 19.5 Å². The van der Waals surface area contributed by atoms with Gasteiger partial charge in [-0.15, -0.1) is 0 Å². The molecule has 1 heterocycles. The molecule has 1 aliphatic heterocycles. The molecule has 1 aromatic carbocycles. The van der Waals surface area contributed by atoms with Crippen molar-refractivity contribution in [3.8, 4) is 0 Å². The van der Waals surface area contributed by atoms with Crippen LogP contribution in [0.3, 0.4) is 0 Å². The van der Waals surface area contributed by atoms with E-state index in [-0.39, 0.29) is 18.5 Å². The molecule has 0 saturated carbocycles. The van der Waals surface area contributed by atoms with Crippen LogP contribution in [0.1, 0.15) is 18.4 Å². The summed E-state index contributed by atoms with van der Waals surface area (Å²) in [5.41, 5.74) is 0.933. The van der Waals surface area contributed by atoms with E-state index < -0.39 is 18.0 Å². The molecule has 0 radical (unpaired) electrons. The normalized spacial score (nSPS) is 17.8. The fourth-order valence-electron chi connectivity index (χ4n) is 2.42. The third-order valence-corrected chi connectivity index (χ3v) is 3.75. The van der Waals surface area contributed by atoms with E-state index in [1.807, 2.05) is 30.3 Å². The minimum Gasteiger partial charge on any atom is -0.480 e. The predicted molar refractivity (Wildman–Crippen MR) is 87.3 cm³/mol. The van der Waals surface area contributed by atoms with E-state index in [2.05, 4.69) is 21.3 Å². The summed E-state index contributed by atoms with van der Waals surface area (Å²) >= 11 is 0. The highest BCUT2D eigenvalue weighted by Gasteiger charge is 2.27. The standard InChI is InChI=1S/C16H22N4O4/c21-14(12-7-4-8-17-12)20-13(15(22)23)10-19-16(24)18-9-11-5-2-1-3-6-11/h1-3,5-6,12-13,17H,4,7-10H2,(H,20,21)(H,22,23)(H2,18,19,24)/t12-,13-/m0/s1. The zero-order chi connectivity index (χ0) is 17.4. The Morgan fingerprint density at radius 2 is 1.96 bits per heavy atom. The molecular formula is C16H22N4O4. The molecule has 5 N–H and O–H groups in total. The van der Waals surface area contributed by atoms with Gasteiger partial charge >= 0.3 is 12.0 Å². The number of carbonyl (C=O) groups excluding carboxylic acids is 2. The first-order valence-corrected chi connectivity index (χ1v) is 7.88. The number of benzene rings is 1. The van der Waals surface area contributed by atoms with Crippen molar-refractivity contribution in [2.75, 3.05) is 13.1 Å². The Balaban J connectivity index is 1.75. The van der Waals surface area contributed by atoms with Gasteiger partial charge in [-0.2, -0.15) is 0 Å². The fraction of sp³-hybridized carbons (Fsp3) is 0.438. The molecule has 2 atom stereocenters. The molecule has 1 aromatic rings. The van der Waals surface area contributed by atoms with Crippen LogP contribution in [-0.2, 0) is 16.1 Å². The van der Waals surface area contributed by atoms with Gasteiger partial charge in [-0.05, 0) is 24.9 Å². The van der Waals surface area contributed by atoms with Gasteiger partial charge in [0.15, 0.2) is 0 Å². The summed E-state index contributed by atoms with van der Waals surface area (Å²) in [5.74, 6) is -1.55. The molecule has 0 aliphatic carbocycles. The molecule has 0 aromatic heterocycles. The third-order valence-electron chi connectivity index (χ3n) is 3.75. The monoisotopic (exact) mass is 334 g/mol. The van der Waals surface area contributed by atoms with Crippen LogP contribution in [0.5, 0.6) is 0 Å². The van der Waals surface area contributed by atoms with Gasteiger partial charge in [-0.25, -0.2) is 9.59 Å². The van der Waals surface area contributed by atoms with Gasteiger partial charge in [-0.3, -0.25) is 4.79 Å². The Kier molecular flexibility index (Phi) is 6.56. The van der Waals surface area contributed by atoms with Gasteiger partial charge in [0.05, 0.1) is 12.6 Å². The molecule has 0 unspecified atom stereocenters. The van der Waals surface area contributed by atoms with E-state index in [4.69, 9.17) is 0 Å². The molecule has 0 bridgehead atoms. The minimum atomic E-state index is -1.19. The van der Waals surface area contributed by atoms with E-state index in [0.29, 0.717) is 13.0 Å². The SMILES string of the molecule is O=C(NCc1ccccc1)NC[C@H](NC(=O)[C@@H]1CCCN1)C(=O)O. The van der Waals surface area contributed by atoms with Crippen molar-refractivity contribution in [1.82, 2.24) is 21.3 Å². The summed E-state index contributed by atoms with van der Waals surface area (Å²) in [6.07, 6.45) is 1.57. The first-order chi connectivity index (χ1) is 11.6. The number of aliphatic carboxylic acids is 1. The van der Waals surface area contributed by atoms with Crippen molar-refractivity contribution >= 4 is 17.9 Å². The number of carboxylic acid groups (broad SMARTS) is 1. The molecule has 8 nitrogen and oxygen atoms in total. The van der Waals surface area contributed by atoms with Gasteiger partial charge in [-0.1, -0.05) is 30.3 Å². The Labute approximate surface area is 140 Å². The van der Waals surface area contributed by atoms with Gasteiger partial charge in [0, 0.05) is 6.54 Å². The van der Waals surface area contributed by atoms with Crippen LogP contribution in [0, 0.1) is 0 Å². The lowest BCUT2D eigenvalue weighted by Crippen LogP contribution is -2.53. The minimum absolute atomic E-state index is 0.186. The number of rotatable bonds is 7. The molecular weight excluding hydrogens is 312 g/mol. The smallest absolute Gasteiger partial charge is 0.328 e. The van der Waals surface area contributed by atoms with Crippen LogP contribution < -0.4 is 21.3 Å². The van der Waals surface area contributed by atoms with Crippen molar-refractivity contribution in [2.24, 2.45) is 0 Å². The van der Waals surface area contributed by atoms with Crippen LogP contribution in [0.25, 0.3) is 0 Å². The van der Waals surface area contributed by atoms with Crippen LogP contribution in [0.4, 0.5) is 4.79 Å². The lowest BCUT2D eigenvalue weighted by molar-refractivity contribution is -0.141. The van der Waals surface area contributed by atoms with Crippen LogP contribution in [0.2, 0.25) is 0 Å². The summed E-state index contributed by atoms with van der Waals surface area (Å²) in [6, 6.07) is 7.33. The number of amides is 3.